The first kappa shape index (κ1) is 11.9. The second-order valence-electron chi connectivity index (χ2n) is 2.44. The Labute approximate surface area is 95.8 Å². The molecule has 0 N–H and O–H groups in total. The fraction of sp³-hybridized carbons (Fsp3) is 0.143. The number of hydrogen-bond donors (Lipinski definition) is 0. The Morgan fingerprint density at radius 3 is 2.60 bits per heavy atom. The third-order valence-electron chi connectivity index (χ3n) is 1.52. The van der Waals surface area contributed by atoms with Crippen molar-refractivity contribution in [3.05, 3.63) is 31.0 Å². The van der Waals surface area contributed by atoms with Crippen LogP contribution in [0.25, 0.3) is 0 Å². The van der Waals surface area contributed by atoms with Gasteiger partial charge in [-0.1, -0.05) is 0 Å². The van der Waals surface area contributed by atoms with Crippen LogP contribution in [0.1, 0.15) is 22.5 Å². The molecule has 0 aliphatic rings. The topological polar surface area (TPSA) is 73.1 Å². The van der Waals surface area contributed by atoms with Gasteiger partial charge in [-0.25, -0.2) is 8.78 Å². The predicted molar refractivity (Wildman–Crippen MR) is 54.0 cm³/mol. The molecular formula is C7H3F2IN2O3. The second kappa shape index (κ2) is 4.55. The van der Waals surface area contributed by atoms with E-state index < -0.39 is 22.7 Å². The number of carbonyl (C=O) groups excluding carboxylic acids is 1. The van der Waals surface area contributed by atoms with Crippen molar-refractivity contribution in [2.75, 3.05) is 0 Å². The fourth-order valence-electron chi connectivity index (χ4n) is 0.931. The maximum atomic E-state index is 12.4. The summed E-state index contributed by atoms with van der Waals surface area (Å²) < 4.78 is 24.8. The average Bonchev–Trinajstić information content (AvgIpc) is 2.15. The minimum atomic E-state index is -2.99. The molecule has 0 aromatic carbocycles. The molecule has 0 spiro atoms. The molecule has 0 aliphatic heterocycles. The minimum absolute atomic E-state index is 0.0496. The van der Waals surface area contributed by atoms with Gasteiger partial charge in [-0.3, -0.25) is 4.79 Å². The Kier molecular flexibility index (Phi) is 3.61. The summed E-state index contributed by atoms with van der Waals surface area (Å²) in [4.78, 5) is 23.0. The summed E-state index contributed by atoms with van der Waals surface area (Å²) in [5.41, 5.74) is -0.998. The Morgan fingerprint density at radius 1 is 1.60 bits per heavy atom. The van der Waals surface area contributed by atoms with Gasteiger partial charge in [0.05, 0.1) is 0 Å². The largest absolute Gasteiger partial charge is 0.374 e. The van der Waals surface area contributed by atoms with Crippen LogP contribution >= 0.6 is 22.6 Å². The summed E-state index contributed by atoms with van der Waals surface area (Å²) in [5.74, 6) is -0.973. The summed E-state index contributed by atoms with van der Waals surface area (Å²) in [5, 5.41) is 10.4. The molecule has 0 unspecified atom stereocenters. The molecule has 1 aromatic rings. The van der Waals surface area contributed by atoms with E-state index in [2.05, 4.69) is 4.98 Å². The van der Waals surface area contributed by atoms with Crippen LogP contribution in [-0.4, -0.2) is 16.2 Å². The molecular weight excluding hydrogens is 325 g/mol. The Morgan fingerprint density at radius 2 is 2.20 bits per heavy atom. The third kappa shape index (κ3) is 2.43. The van der Waals surface area contributed by atoms with Gasteiger partial charge in [-0.05, 0) is 32.5 Å². The van der Waals surface area contributed by atoms with Gasteiger partial charge >= 0.3 is 5.82 Å². The van der Waals surface area contributed by atoms with Gasteiger partial charge < -0.3 is 10.1 Å². The van der Waals surface area contributed by atoms with Crippen LogP contribution in [0.2, 0.25) is 0 Å². The van der Waals surface area contributed by atoms with Crippen molar-refractivity contribution < 1.29 is 18.5 Å². The van der Waals surface area contributed by atoms with E-state index in [0.717, 1.165) is 6.07 Å². The van der Waals surface area contributed by atoms with E-state index in [1.165, 1.54) is 22.6 Å². The summed E-state index contributed by atoms with van der Waals surface area (Å²) >= 11 is 1.50. The lowest BCUT2D eigenvalue weighted by atomic mass is 10.2. The molecule has 0 aliphatic carbocycles. The molecule has 0 saturated heterocycles. The number of alkyl halides is 2. The SMILES string of the molecule is O=Cc1cc(I)c(C(F)F)c([N+](=O)[O-])n1. The maximum absolute atomic E-state index is 12.4. The van der Waals surface area contributed by atoms with Crippen molar-refractivity contribution >= 4 is 34.7 Å². The van der Waals surface area contributed by atoms with Gasteiger partial charge in [0.15, 0.2) is 6.29 Å². The fourth-order valence-corrected chi connectivity index (χ4v) is 1.73. The highest BCUT2D eigenvalue weighted by Gasteiger charge is 2.27. The lowest BCUT2D eigenvalue weighted by Gasteiger charge is -2.03. The van der Waals surface area contributed by atoms with Crippen LogP contribution in [-0.2, 0) is 0 Å². The van der Waals surface area contributed by atoms with Gasteiger partial charge in [0.1, 0.15) is 5.56 Å². The predicted octanol–water partition coefficient (Wildman–Crippen LogP) is 2.34. The average molecular weight is 328 g/mol. The number of nitrogens with zero attached hydrogens (tertiary/aromatic N) is 2. The van der Waals surface area contributed by atoms with Gasteiger partial charge in [-0.15, -0.1) is 0 Å². The van der Waals surface area contributed by atoms with Gasteiger partial charge in [-0.2, -0.15) is 0 Å². The lowest BCUT2D eigenvalue weighted by Crippen LogP contribution is -2.04. The van der Waals surface area contributed by atoms with Crippen LogP contribution in [0.3, 0.4) is 0 Å². The number of halogens is 3. The summed E-state index contributed by atoms with van der Waals surface area (Å²) in [6, 6.07) is 1.07. The normalized spacial score (nSPS) is 10.4. The molecule has 80 valence electrons. The molecule has 0 amide bonds. The zero-order valence-corrected chi connectivity index (χ0v) is 9.14. The van der Waals surface area contributed by atoms with E-state index in [0.29, 0.717) is 0 Å². The molecule has 0 radical (unpaired) electrons. The Bertz CT molecular complexity index is 425. The standard InChI is InChI=1S/C7H3F2IN2O3/c8-6(9)5-4(10)1-3(2-13)11-7(5)12(14)15/h1-2,6H. The maximum Gasteiger partial charge on any atom is 0.374 e. The van der Waals surface area contributed by atoms with E-state index in [9.17, 15) is 23.7 Å². The van der Waals surface area contributed by atoms with Crippen molar-refractivity contribution in [3.63, 3.8) is 0 Å². The lowest BCUT2D eigenvalue weighted by molar-refractivity contribution is -0.391. The monoisotopic (exact) mass is 328 g/mol. The van der Waals surface area contributed by atoms with Crippen molar-refractivity contribution in [2.45, 2.75) is 6.43 Å². The Hall–Kier alpha value is -1.19. The summed E-state index contributed by atoms with van der Waals surface area (Å²) in [7, 11) is 0. The number of carbonyl (C=O) groups is 1. The molecule has 1 rings (SSSR count). The number of pyridine rings is 1. The van der Waals surface area contributed by atoms with Crippen LogP contribution in [0.15, 0.2) is 6.07 Å². The quantitative estimate of drug-likeness (QED) is 0.369. The van der Waals surface area contributed by atoms with Crippen molar-refractivity contribution in [1.29, 1.82) is 0 Å². The van der Waals surface area contributed by atoms with Crippen molar-refractivity contribution in [1.82, 2.24) is 4.98 Å². The second-order valence-corrected chi connectivity index (χ2v) is 3.60. The minimum Gasteiger partial charge on any atom is -0.358 e. The van der Waals surface area contributed by atoms with Gasteiger partial charge in [0.25, 0.3) is 6.43 Å². The van der Waals surface area contributed by atoms with Crippen LogP contribution in [0.5, 0.6) is 0 Å². The molecule has 0 fully saturated rings. The first-order chi connectivity index (χ1) is 6.97. The Balaban J connectivity index is 3.49. The molecule has 5 nitrogen and oxygen atoms in total. The summed E-state index contributed by atoms with van der Waals surface area (Å²) in [6.45, 7) is 0. The van der Waals surface area contributed by atoms with E-state index in [1.807, 2.05) is 0 Å². The number of nitro groups is 1. The van der Waals surface area contributed by atoms with E-state index in [-0.39, 0.29) is 15.6 Å². The molecule has 15 heavy (non-hydrogen) atoms. The molecule has 1 heterocycles. The van der Waals surface area contributed by atoms with Crippen molar-refractivity contribution in [2.24, 2.45) is 0 Å². The first-order valence-electron chi connectivity index (χ1n) is 3.55. The molecule has 0 saturated carbocycles. The summed E-state index contributed by atoms with van der Waals surface area (Å²) in [6.07, 6.45) is -2.73. The number of aldehydes is 1. The van der Waals surface area contributed by atoms with E-state index in [4.69, 9.17) is 0 Å². The highest BCUT2D eigenvalue weighted by molar-refractivity contribution is 14.1. The first-order valence-corrected chi connectivity index (χ1v) is 4.63. The number of aromatic nitrogens is 1. The van der Waals surface area contributed by atoms with E-state index in [1.54, 1.807) is 0 Å². The molecule has 8 heteroatoms. The highest BCUT2D eigenvalue weighted by atomic mass is 127. The van der Waals surface area contributed by atoms with Gasteiger partial charge in [0, 0.05) is 9.64 Å². The van der Waals surface area contributed by atoms with Crippen LogP contribution < -0.4 is 0 Å². The van der Waals surface area contributed by atoms with E-state index >= 15 is 0 Å². The zero-order valence-electron chi connectivity index (χ0n) is 6.99. The third-order valence-corrected chi connectivity index (χ3v) is 2.41. The smallest absolute Gasteiger partial charge is 0.358 e. The van der Waals surface area contributed by atoms with Crippen molar-refractivity contribution in [3.8, 4) is 0 Å². The molecule has 0 atom stereocenters. The highest BCUT2D eigenvalue weighted by Crippen LogP contribution is 2.31. The molecule has 0 bridgehead atoms. The number of hydrogen-bond acceptors (Lipinski definition) is 4. The van der Waals surface area contributed by atoms with Gasteiger partial charge in [0.2, 0.25) is 5.69 Å². The van der Waals surface area contributed by atoms with Crippen LogP contribution in [0, 0.1) is 13.7 Å². The number of rotatable bonds is 3. The zero-order chi connectivity index (χ0) is 11.6. The van der Waals surface area contributed by atoms with Crippen LogP contribution in [0.4, 0.5) is 14.6 Å². The molecule has 1 aromatic heterocycles.